The Hall–Kier alpha value is -2.60. The van der Waals surface area contributed by atoms with Crippen molar-refractivity contribution in [2.75, 3.05) is 0 Å². The van der Waals surface area contributed by atoms with Gasteiger partial charge in [-0.1, -0.05) is 30.3 Å². The molecule has 3 aromatic rings. The molecule has 0 radical (unpaired) electrons. The van der Waals surface area contributed by atoms with Crippen molar-refractivity contribution >= 4 is 0 Å². The molecule has 0 bridgehead atoms. The number of nitrogens with zero attached hydrogens (tertiary/aromatic N) is 5. The third kappa shape index (κ3) is 3.05. The molecule has 1 aromatic carbocycles. The second kappa shape index (κ2) is 6.49. The Balaban J connectivity index is 1.43. The first kappa shape index (κ1) is 15.0. The molecule has 6 nitrogen and oxygen atoms in total. The van der Waals surface area contributed by atoms with Crippen LogP contribution in [0.25, 0.3) is 11.4 Å². The zero-order valence-electron chi connectivity index (χ0n) is 13.7. The van der Waals surface area contributed by atoms with E-state index in [1.165, 1.54) is 28.0 Å². The van der Waals surface area contributed by atoms with Gasteiger partial charge in [-0.2, -0.15) is 4.80 Å². The lowest BCUT2D eigenvalue weighted by Gasteiger charge is -2.25. The van der Waals surface area contributed by atoms with Crippen molar-refractivity contribution in [1.29, 1.82) is 0 Å². The molecule has 0 amide bonds. The Morgan fingerprint density at radius 3 is 2.88 bits per heavy atom. The van der Waals surface area contributed by atoms with E-state index in [9.17, 15) is 0 Å². The SMILES string of the molecule is Cn1nnc(-c2ccc(CNC3CCCc4cccnc43)cc2)n1. The molecule has 6 heteroatoms. The number of hydrogen-bond donors (Lipinski definition) is 1. The zero-order chi connectivity index (χ0) is 16.4. The lowest BCUT2D eigenvalue weighted by molar-refractivity contribution is 0.447. The lowest BCUT2D eigenvalue weighted by atomic mass is 9.92. The van der Waals surface area contributed by atoms with Gasteiger partial charge in [-0.25, -0.2) is 0 Å². The molecule has 24 heavy (non-hydrogen) atoms. The van der Waals surface area contributed by atoms with E-state index < -0.39 is 0 Å². The minimum atomic E-state index is 0.344. The Morgan fingerprint density at radius 1 is 1.21 bits per heavy atom. The van der Waals surface area contributed by atoms with Gasteiger partial charge in [-0.05, 0) is 41.7 Å². The van der Waals surface area contributed by atoms with Gasteiger partial charge in [0.15, 0.2) is 0 Å². The Morgan fingerprint density at radius 2 is 2.08 bits per heavy atom. The van der Waals surface area contributed by atoms with E-state index in [2.05, 4.69) is 43.9 Å². The molecule has 4 rings (SSSR count). The van der Waals surface area contributed by atoms with Crippen LogP contribution in [0.2, 0.25) is 0 Å². The van der Waals surface area contributed by atoms with Crippen LogP contribution in [0.15, 0.2) is 42.6 Å². The van der Waals surface area contributed by atoms with E-state index in [0.717, 1.165) is 24.9 Å². The fourth-order valence-electron chi connectivity index (χ4n) is 3.22. The molecule has 2 aromatic heterocycles. The van der Waals surface area contributed by atoms with Crippen LogP contribution in [0.1, 0.15) is 35.7 Å². The summed E-state index contributed by atoms with van der Waals surface area (Å²) in [6.07, 6.45) is 5.39. The molecule has 1 aliphatic carbocycles. The van der Waals surface area contributed by atoms with E-state index in [-0.39, 0.29) is 0 Å². The summed E-state index contributed by atoms with van der Waals surface area (Å²) in [7, 11) is 1.77. The summed E-state index contributed by atoms with van der Waals surface area (Å²) in [5.41, 5.74) is 4.82. The van der Waals surface area contributed by atoms with Gasteiger partial charge >= 0.3 is 0 Å². The highest BCUT2D eigenvalue weighted by atomic mass is 15.6. The van der Waals surface area contributed by atoms with Crippen molar-refractivity contribution < 1.29 is 0 Å². The molecule has 0 spiro atoms. The summed E-state index contributed by atoms with van der Waals surface area (Å²) in [5.74, 6) is 0.655. The zero-order valence-corrected chi connectivity index (χ0v) is 13.7. The number of aromatic nitrogens is 5. The summed E-state index contributed by atoms with van der Waals surface area (Å²) in [6, 6.07) is 12.9. The van der Waals surface area contributed by atoms with Gasteiger partial charge in [0.1, 0.15) is 0 Å². The number of pyridine rings is 1. The van der Waals surface area contributed by atoms with E-state index in [1.54, 1.807) is 7.05 Å². The predicted molar refractivity (Wildman–Crippen MR) is 91.0 cm³/mol. The van der Waals surface area contributed by atoms with E-state index in [1.807, 2.05) is 24.4 Å². The third-order valence-electron chi connectivity index (χ3n) is 4.47. The molecule has 1 unspecified atom stereocenters. The fourth-order valence-corrected chi connectivity index (χ4v) is 3.22. The van der Waals surface area contributed by atoms with E-state index in [4.69, 9.17) is 0 Å². The van der Waals surface area contributed by atoms with Crippen molar-refractivity contribution in [3.8, 4) is 11.4 Å². The van der Waals surface area contributed by atoms with Crippen LogP contribution >= 0.6 is 0 Å². The van der Waals surface area contributed by atoms with Gasteiger partial charge < -0.3 is 5.32 Å². The molecule has 122 valence electrons. The van der Waals surface area contributed by atoms with Crippen LogP contribution in [-0.2, 0) is 20.0 Å². The summed E-state index contributed by atoms with van der Waals surface area (Å²) >= 11 is 0. The first-order valence-corrected chi connectivity index (χ1v) is 8.30. The molecular formula is C18H20N6. The van der Waals surface area contributed by atoms with Gasteiger partial charge in [0, 0.05) is 18.3 Å². The van der Waals surface area contributed by atoms with Gasteiger partial charge in [-0.15, -0.1) is 10.2 Å². The van der Waals surface area contributed by atoms with Gasteiger partial charge in [0.25, 0.3) is 0 Å². The van der Waals surface area contributed by atoms with Crippen molar-refractivity contribution in [3.63, 3.8) is 0 Å². The summed E-state index contributed by atoms with van der Waals surface area (Å²) in [6.45, 7) is 0.828. The minimum Gasteiger partial charge on any atom is -0.305 e. The largest absolute Gasteiger partial charge is 0.305 e. The van der Waals surface area contributed by atoms with Crippen LogP contribution in [0.3, 0.4) is 0 Å². The lowest BCUT2D eigenvalue weighted by Crippen LogP contribution is -2.25. The first-order valence-electron chi connectivity index (χ1n) is 8.30. The quantitative estimate of drug-likeness (QED) is 0.799. The molecular weight excluding hydrogens is 300 g/mol. The molecule has 0 fully saturated rings. The Labute approximate surface area is 140 Å². The van der Waals surface area contributed by atoms with Crippen LogP contribution in [0.5, 0.6) is 0 Å². The van der Waals surface area contributed by atoms with Gasteiger partial charge in [0.2, 0.25) is 5.82 Å². The molecule has 1 N–H and O–H groups in total. The number of tetrazole rings is 1. The van der Waals surface area contributed by atoms with Crippen molar-refractivity contribution in [1.82, 2.24) is 30.5 Å². The molecule has 0 aliphatic heterocycles. The monoisotopic (exact) mass is 320 g/mol. The molecule has 1 aliphatic rings. The Bertz CT molecular complexity index is 824. The number of benzene rings is 1. The summed E-state index contributed by atoms with van der Waals surface area (Å²) in [4.78, 5) is 6.05. The first-order chi connectivity index (χ1) is 11.8. The Kier molecular flexibility index (Phi) is 4.04. The number of aryl methyl sites for hydroxylation is 2. The molecule has 2 heterocycles. The van der Waals surface area contributed by atoms with Crippen molar-refractivity contribution in [2.45, 2.75) is 31.8 Å². The maximum atomic E-state index is 4.58. The maximum absolute atomic E-state index is 4.58. The second-order valence-corrected chi connectivity index (χ2v) is 6.17. The highest BCUT2D eigenvalue weighted by Gasteiger charge is 2.20. The van der Waals surface area contributed by atoms with Crippen molar-refractivity contribution in [3.05, 3.63) is 59.4 Å². The van der Waals surface area contributed by atoms with E-state index >= 15 is 0 Å². The third-order valence-corrected chi connectivity index (χ3v) is 4.47. The average molecular weight is 320 g/mol. The van der Waals surface area contributed by atoms with Crippen LogP contribution in [0.4, 0.5) is 0 Å². The maximum Gasteiger partial charge on any atom is 0.204 e. The normalized spacial score (nSPS) is 16.8. The predicted octanol–water partition coefficient (Wildman–Crippen LogP) is 2.44. The second-order valence-electron chi connectivity index (χ2n) is 6.17. The summed E-state index contributed by atoms with van der Waals surface area (Å²) in [5, 5.41) is 15.8. The highest BCUT2D eigenvalue weighted by Crippen LogP contribution is 2.28. The minimum absolute atomic E-state index is 0.344. The number of fused-ring (bicyclic) bond motifs is 1. The molecule has 0 saturated heterocycles. The topological polar surface area (TPSA) is 68.5 Å². The number of nitrogens with one attached hydrogen (secondary N) is 1. The fraction of sp³-hybridized carbons (Fsp3) is 0.333. The van der Waals surface area contributed by atoms with E-state index in [0.29, 0.717) is 11.9 Å². The highest BCUT2D eigenvalue weighted by molar-refractivity contribution is 5.54. The van der Waals surface area contributed by atoms with Crippen LogP contribution in [-0.4, -0.2) is 25.2 Å². The number of rotatable bonds is 4. The number of hydrogen-bond acceptors (Lipinski definition) is 5. The van der Waals surface area contributed by atoms with Crippen LogP contribution < -0.4 is 5.32 Å². The summed E-state index contributed by atoms with van der Waals surface area (Å²) < 4.78 is 0. The molecule has 1 atom stereocenters. The average Bonchev–Trinajstić information content (AvgIpc) is 3.07. The smallest absolute Gasteiger partial charge is 0.204 e. The standard InChI is InChI=1S/C18H20N6/c1-24-22-18(21-23-24)15-9-7-13(8-10-15)12-20-16-6-2-4-14-5-3-11-19-17(14)16/h3,5,7-11,16,20H,2,4,6,12H2,1H3. The van der Waals surface area contributed by atoms with Gasteiger partial charge in [0.05, 0.1) is 18.8 Å². The molecule has 0 saturated carbocycles. The van der Waals surface area contributed by atoms with Crippen LogP contribution in [0, 0.1) is 0 Å². The van der Waals surface area contributed by atoms with Crippen molar-refractivity contribution in [2.24, 2.45) is 7.05 Å². The van der Waals surface area contributed by atoms with Gasteiger partial charge in [-0.3, -0.25) is 4.98 Å².